The Labute approximate surface area is 186 Å². The molecule has 1 aromatic heterocycles. The van der Waals surface area contributed by atoms with Crippen LogP contribution in [0.5, 0.6) is 11.5 Å². The van der Waals surface area contributed by atoms with Gasteiger partial charge in [0, 0.05) is 24.4 Å². The molecule has 0 aliphatic heterocycles. The zero-order valence-electron chi connectivity index (χ0n) is 16.4. The number of hydrogen-bond donors (Lipinski definition) is 2. The van der Waals surface area contributed by atoms with Gasteiger partial charge in [0.25, 0.3) is 11.8 Å². The molecular weight excluding hydrogens is 447 g/mol. The number of amides is 2. The number of alkyl halides is 3. The van der Waals surface area contributed by atoms with Crippen LogP contribution in [0.1, 0.15) is 32.0 Å². The molecule has 0 aliphatic rings. The van der Waals surface area contributed by atoms with Gasteiger partial charge in [-0.25, -0.2) is 0 Å². The third-order valence-electron chi connectivity index (χ3n) is 4.35. The van der Waals surface area contributed by atoms with Crippen molar-refractivity contribution in [2.45, 2.75) is 12.6 Å². The van der Waals surface area contributed by atoms with E-state index in [1.807, 2.05) is 6.07 Å². The maximum atomic E-state index is 13.0. The van der Waals surface area contributed by atoms with Crippen LogP contribution in [0.15, 0.2) is 60.8 Å². The molecule has 3 rings (SSSR count). The first-order valence-corrected chi connectivity index (χ1v) is 9.69. The van der Waals surface area contributed by atoms with Gasteiger partial charge >= 0.3 is 6.18 Å². The van der Waals surface area contributed by atoms with Gasteiger partial charge in [0.1, 0.15) is 17.2 Å². The summed E-state index contributed by atoms with van der Waals surface area (Å²) < 4.78 is 44.6. The number of carbonyl (C=O) groups is 2. The highest BCUT2D eigenvalue weighted by molar-refractivity contribution is 6.31. The SMILES string of the molecule is NC(=O)c1cc(Oc2cccc(CCNC(=O)c3ccc(Cl)c(C(F)(F)F)c3)c2)ccn1. The number of aromatic nitrogens is 1. The predicted molar refractivity (Wildman–Crippen MR) is 112 cm³/mol. The van der Waals surface area contributed by atoms with Crippen LogP contribution in [0, 0.1) is 0 Å². The maximum Gasteiger partial charge on any atom is 0.417 e. The van der Waals surface area contributed by atoms with Crippen LogP contribution in [-0.4, -0.2) is 23.3 Å². The molecule has 2 aromatic carbocycles. The molecule has 32 heavy (non-hydrogen) atoms. The molecule has 166 valence electrons. The van der Waals surface area contributed by atoms with Crippen LogP contribution in [0.4, 0.5) is 13.2 Å². The number of nitrogens with two attached hydrogens (primary N) is 1. The lowest BCUT2D eigenvalue weighted by Gasteiger charge is -2.11. The number of hydrogen-bond acceptors (Lipinski definition) is 4. The number of carbonyl (C=O) groups excluding carboxylic acids is 2. The highest BCUT2D eigenvalue weighted by Crippen LogP contribution is 2.35. The Kier molecular flexibility index (Phi) is 6.99. The number of benzene rings is 2. The zero-order chi connectivity index (χ0) is 23.3. The number of primary amides is 1. The summed E-state index contributed by atoms with van der Waals surface area (Å²) in [6, 6.07) is 13.0. The molecule has 2 amide bonds. The van der Waals surface area contributed by atoms with Crippen LogP contribution in [0.25, 0.3) is 0 Å². The summed E-state index contributed by atoms with van der Waals surface area (Å²) >= 11 is 5.58. The third kappa shape index (κ3) is 5.98. The van der Waals surface area contributed by atoms with E-state index in [0.717, 1.165) is 17.7 Å². The standard InChI is InChI=1S/C22H17ClF3N3O3/c23-18-5-4-14(11-17(18)22(24,25)26)21(31)29-8-6-13-2-1-3-15(10-13)32-16-7-9-28-19(12-16)20(27)30/h1-5,7,9-12H,6,8H2,(H2,27,30)(H,29,31). The molecule has 0 radical (unpaired) electrons. The molecule has 6 nitrogen and oxygen atoms in total. The van der Waals surface area contributed by atoms with Crippen molar-refractivity contribution in [2.75, 3.05) is 6.54 Å². The number of ether oxygens (including phenoxy) is 1. The van der Waals surface area contributed by atoms with Gasteiger partial charge in [-0.05, 0) is 48.4 Å². The molecule has 0 atom stereocenters. The number of nitrogens with zero attached hydrogens (tertiary/aromatic N) is 1. The zero-order valence-corrected chi connectivity index (χ0v) is 17.2. The molecule has 0 unspecified atom stereocenters. The van der Waals surface area contributed by atoms with Gasteiger partial charge in [0.15, 0.2) is 0 Å². The summed E-state index contributed by atoms with van der Waals surface area (Å²) in [7, 11) is 0. The van der Waals surface area contributed by atoms with Crippen molar-refractivity contribution in [1.29, 1.82) is 0 Å². The molecule has 10 heteroatoms. The van der Waals surface area contributed by atoms with Gasteiger partial charge in [-0.1, -0.05) is 23.7 Å². The highest BCUT2D eigenvalue weighted by atomic mass is 35.5. The monoisotopic (exact) mass is 463 g/mol. The lowest BCUT2D eigenvalue weighted by molar-refractivity contribution is -0.137. The van der Waals surface area contributed by atoms with Crippen LogP contribution in [0.2, 0.25) is 5.02 Å². The number of pyridine rings is 1. The summed E-state index contributed by atoms with van der Waals surface area (Å²) in [6.45, 7) is 0.188. The van der Waals surface area contributed by atoms with Crippen LogP contribution >= 0.6 is 11.6 Å². The molecular formula is C22H17ClF3N3O3. The van der Waals surface area contributed by atoms with Gasteiger partial charge in [0.2, 0.25) is 0 Å². The Balaban J connectivity index is 1.61. The minimum atomic E-state index is -4.65. The van der Waals surface area contributed by atoms with Crippen molar-refractivity contribution in [2.24, 2.45) is 5.73 Å². The largest absolute Gasteiger partial charge is 0.457 e. The Hall–Kier alpha value is -3.59. The number of halogens is 4. The lowest BCUT2D eigenvalue weighted by atomic mass is 10.1. The van der Waals surface area contributed by atoms with Gasteiger partial charge in [-0.15, -0.1) is 0 Å². The van der Waals surface area contributed by atoms with Crippen molar-refractivity contribution in [1.82, 2.24) is 10.3 Å². The Morgan fingerprint density at radius 2 is 1.81 bits per heavy atom. The fraction of sp³-hybridized carbons (Fsp3) is 0.136. The minimum absolute atomic E-state index is 0.0669. The van der Waals surface area contributed by atoms with Crippen molar-refractivity contribution < 1.29 is 27.5 Å². The second-order valence-electron chi connectivity index (χ2n) is 6.69. The average molecular weight is 464 g/mol. The third-order valence-corrected chi connectivity index (χ3v) is 4.68. The van der Waals surface area contributed by atoms with Crippen molar-refractivity contribution in [3.8, 4) is 11.5 Å². The predicted octanol–water partition coefficient (Wildman–Crippen LogP) is 4.62. The summed E-state index contributed by atoms with van der Waals surface area (Å²) in [5.74, 6) is -0.455. The van der Waals surface area contributed by atoms with Crippen LogP contribution < -0.4 is 15.8 Å². The summed E-state index contributed by atoms with van der Waals surface area (Å²) in [6.07, 6.45) is -2.85. The molecule has 3 aromatic rings. The van der Waals surface area contributed by atoms with Gasteiger partial charge in [-0.2, -0.15) is 13.2 Å². The molecule has 0 saturated heterocycles. The average Bonchev–Trinajstić information content (AvgIpc) is 2.73. The maximum absolute atomic E-state index is 13.0. The summed E-state index contributed by atoms with van der Waals surface area (Å²) in [5.41, 5.74) is 4.89. The van der Waals surface area contributed by atoms with Gasteiger partial charge in [-0.3, -0.25) is 14.6 Å². The minimum Gasteiger partial charge on any atom is -0.457 e. The van der Waals surface area contributed by atoms with E-state index in [4.69, 9.17) is 22.1 Å². The molecule has 0 fully saturated rings. The van der Waals surface area contributed by atoms with Crippen LogP contribution in [0.3, 0.4) is 0 Å². The first-order chi connectivity index (χ1) is 15.1. The van der Waals surface area contributed by atoms with E-state index in [-0.39, 0.29) is 17.8 Å². The van der Waals surface area contributed by atoms with Crippen LogP contribution in [-0.2, 0) is 12.6 Å². The second-order valence-corrected chi connectivity index (χ2v) is 7.10. The molecule has 3 N–H and O–H groups in total. The first kappa shape index (κ1) is 23.1. The Morgan fingerprint density at radius 1 is 1.06 bits per heavy atom. The molecule has 0 spiro atoms. The summed E-state index contributed by atoms with van der Waals surface area (Å²) in [5, 5.41) is 2.12. The fourth-order valence-electron chi connectivity index (χ4n) is 2.82. The van der Waals surface area contributed by atoms with Crippen molar-refractivity contribution in [3.05, 3.63) is 88.2 Å². The van der Waals surface area contributed by atoms with Crippen molar-refractivity contribution in [3.63, 3.8) is 0 Å². The highest BCUT2D eigenvalue weighted by Gasteiger charge is 2.33. The van der Waals surface area contributed by atoms with E-state index in [1.165, 1.54) is 18.3 Å². The first-order valence-electron chi connectivity index (χ1n) is 9.31. The smallest absolute Gasteiger partial charge is 0.417 e. The summed E-state index contributed by atoms with van der Waals surface area (Å²) in [4.78, 5) is 27.3. The Morgan fingerprint density at radius 3 is 2.53 bits per heavy atom. The quantitative estimate of drug-likeness (QED) is 0.534. The van der Waals surface area contributed by atoms with E-state index < -0.39 is 28.6 Å². The molecule has 1 heterocycles. The number of rotatable bonds is 7. The Bertz CT molecular complexity index is 1150. The van der Waals surface area contributed by atoms with Gasteiger partial charge < -0.3 is 15.8 Å². The van der Waals surface area contributed by atoms with E-state index in [1.54, 1.807) is 24.3 Å². The van der Waals surface area contributed by atoms with E-state index in [0.29, 0.717) is 17.9 Å². The molecule has 0 aliphatic carbocycles. The van der Waals surface area contributed by atoms with E-state index in [9.17, 15) is 22.8 Å². The second kappa shape index (κ2) is 9.69. The van der Waals surface area contributed by atoms with Gasteiger partial charge in [0.05, 0.1) is 10.6 Å². The number of nitrogens with one attached hydrogen (secondary N) is 1. The fourth-order valence-corrected chi connectivity index (χ4v) is 3.04. The molecule has 0 saturated carbocycles. The van der Waals surface area contributed by atoms with Crippen molar-refractivity contribution >= 4 is 23.4 Å². The van der Waals surface area contributed by atoms with E-state index in [2.05, 4.69) is 10.3 Å². The molecule has 0 bridgehead atoms. The topological polar surface area (TPSA) is 94.3 Å². The van der Waals surface area contributed by atoms with E-state index >= 15 is 0 Å². The lowest BCUT2D eigenvalue weighted by Crippen LogP contribution is -2.26. The normalized spacial score (nSPS) is 11.1.